The van der Waals surface area contributed by atoms with Crippen molar-refractivity contribution in [1.82, 2.24) is 9.55 Å². The van der Waals surface area contributed by atoms with E-state index in [9.17, 15) is 9.59 Å². The second-order valence-electron chi connectivity index (χ2n) is 9.10. The molecular weight excluding hydrogens is 465 g/mol. The maximum absolute atomic E-state index is 12.6. The Morgan fingerprint density at radius 3 is 2.42 bits per heavy atom. The van der Waals surface area contributed by atoms with Crippen molar-refractivity contribution in [3.8, 4) is 5.75 Å². The molecular formula is C24H31Cl2N3O4. The summed E-state index contributed by atoms with van der Waals surface area (Å²) in [7, 11) is 1.69. The normalized spacial score (nSPS) is 11.4. The molecule has 1 amide bonds. The van der Waals surface area contributed by atoms with Crippen molar-refractivity contribution < 1.29 is 14.3 Å². The van der Waals surface area contributed by atoms with Crippen molar-refractivity contribution in [3.05, 3.63) is 44.9 Å². The minimum absolute atomic E-state index is 0.148. The van der Waals surface area contributed by atoms with Crippen LogP contribution in [-0.4, -0.2) is 27.9 Å². The zero-order chi connectivity index (χ0) is 24.9. The number of hydrogen-bond acceptors (Lipinski definition) is 5. The summed E-state index contributed by atoms with van der Waals surface area (Å²) in [5.41, 5.74) is 4.74. The van der Waals surface area contributed by atoms with E-state index in [4.69, 9.17) is 33.7 Å². The van der Waals surface area contributed by atoms with Gasteiger partial charge in [0.1, 0.15) is 10.6 Å². The van der Waals surface area contributed by atoms with Gasteiger partial charge >= 0.3 is 6.09 Å². The fraction of sp³-hybridized carbons (Fsp3) is 0.458. The van der Waals surface area contributed by atoms with Crippen LogP contribution in [0, 0.1) is 5.92 Å². The average molecular weight is 496 g/mol. The van der Waals surface area contributed by atoms with Gasteiger partial charge in [-0.1, -0.05) is 37.0 Å². The Hall–Kier alpha value is -2.51. The Bertz CT molecular complexity index is 1200. The molecule has 9 heteroatoms. The number of nitrogens with two attached hydrogens (primary N) is 1. The zero-order valence-electron chi connectivity index (χ0n) is 19.9. The van der Waals surface area contributed by atoms with Crippen LogP contribution in [0.4, 0.5) is 4.79 Å². The van der Waals surface area contributed by atoms with Crippen molar-refractivity contribution in [3.63, 3.8) is 0 Å². The molecule has 0 aliphatic rings. The van der Waals surface area contributed by atoms with Crippen LogP contribution in [0.15, 0.2) is 29.3 Å². The van der Waals surface area contributed by atoms with Crippen LogP contribution < -0.4 is 16.0 Å². The number of carbonyl (C=O) groups excluding carboxylic acids is 1. The number of carbonyl (C=O) groups is 1. The van der Waals surface area contributed by atoms with Crippen LogP contribution in [0.5, 0.6) is 5.75 Å². The van der Waals surface area contributed by atoms with E-state index >= 15 is 0 Å². The molecule has 2 aromatic heterocycles. The van der Waals surface area contributed by atoms with Gasteiger partial charge in [-0.25, -0.2) is 4.79 Å². The molecule has 180 valence electrons. The Morgan fingerprint density at radius 1 is 1.21 bits per heavy atom. The maximum atomic E-state index is 12.6. The number of rotatable bonds is 5. The summed E-state index contributed by atoms with van der Waals surface area (Å²) in [5.74, 6) is 1.05. The summed E-state index contributed by atoms with van der Waals surface area (Å²) in [6, 6.07) is 3.61. The Balaban J connectivity index is 0.000000414. The van der Waals surface area contributed by atoms with Gasteiger partial charge in [0.05, 0.1) is 22.5 Å². The predicted molar refractivity (Wildman–Crippen MR) is 134 cm³/mol. The van der Waals surface area contributed by atoms with E-state index in [-0.39, 0.29) is 5.56 Å². The fourth-order valence-corrected chi connectivity index (χ4v) is 4.00. The van der Waals surface area contributed by atoms with Gasteiger partial charge in [-0.2, -0.15) is 0 Å². The second kappa shape index (κ2) is 11.1. The molecule has 0 unspecified atom stereocenters. The molecule has 0 saturated heterocycles. The molecule has 0 spiro atoms. The number of aryl methyl sites for hydroxylation is 1. The van der Waals surface area contributed by atoms with Crippen LogP contribution in [0.1, 0.15) is 47.5 Å². The Morgan fingerprint density at radius 2 is 1.88 bits per heavy atom. The van der Waals surface area contributed by atoms with Crippen molar-refractivity contribution in [2.75, 3.05) is 6.61 Å². The van der Waals surface area contributed by atoms with Gasteiger partial charge in [0.25, 0.3) is 5.56 Å². The number of hydrogen-bond donors (Lipinski definition) is 1. The number of amides is 1. The number of fused-ring (bicyclic) bond motifs is 3. The number of pyridine rings is 2. The van der Waals surface area contributed by atoms with Crippen molar-refractivity contribution in [1.29, 1.82) is 0 Å². The molecule has 2 N–H and O–H groups in total. The number of halogens is 2. The molecule has 0 radical (unpaired) electrons. The standard InChI is InChI=1S/C19H20Cl2N2O2.C5H11NO2/c1-11(2)5-4-8-25-18-15(20)9-13-12-6-7-22-10-14(12)19(24)23(3)17(13)16(18)21;1-5(2,3)8-4(6)7/h6-7,9-11H,4-5,8H2,1-3H3;1-3H3,(H2,6,7). The molecule has 7 nitrogen and oxygen atoms in total. The van der Waals surface area contributed by atoms with Crippen molar-refractivity contribution in [2.45, 2.75) is 53.1 Å². The van der Waals surface area contributed by atoms with Gasteiger partial charge in [0.2, 0.25) is 0 Å². The SMILES string of the molecule is CC(C)(C)OC(N)=O.CC(C)CCCOc1c(Cl)cc2c3ccncc3c(=O)n(C)c2c1Cl. The average Bonchev–Trinajstić information content (AvgIpc) is 2.69. The van der Waals surface area contributed by atoms with Crippen molar-refractivity contribution >= 4 is 51.0 Å². The summed E-state index contributed by atoms with van der Waals surface area (Å²) in [4.78, 5) is 26.7. The Labute approximate surface area is 203 Å². The molecule has 0 saturated carbocycles. The van der Waals surface area contributed by atoms with Crippen LogP contribution in [-0.2, 0) is 11.8 Å². The molecule has 0 fully saturated rings. The third-order valence-electron chi connectivity index (χ3n) is 4.71. The largest absolute Gasteiger partial charge is 0.490 e. The van der Waals surface area contributed by atoms with Gasteiger partial charge in [-0.3, -0.25) is 9.78 Å². The first-order valence-electron chi connectivity index (χ1n) is 10.7. The van der Waals surface area contributed by atoms with E-state index in [0.717, 1.165) is 23.6 Å². The molecule has 0 atom stereocenters. The highest BCUT2D eigenvalue weighted by Gasteiger charge is 2.18. The van der Waals surface area contributed by atoms with Crippen LogP contribution in [0.2, 0.25) is 10.0 Å². The number of primary amides is 1. The number of ether oxygens (including phenoxy) is 2. The van der Waals surface area contributed by atoms with E-state index in [1.807, 2.05) is 6.07 Å². The van der Waals surface area contributed by atoms with Gasteiger partial charge < -0.3 is 19.8 Å². The highest BCUT2D eigenvalue weighted by molar-refractivity contribution is 6.41. The number of aromatic nitrogens is 2. The quantitative estimate of drug-likeness (QED) is 0.341. The van der Waals surface area contributed by atoms with E-state index in [1.54, 1.807) is 46.3 Å². The van der Waals surface area contributed by atoms with Crippen molar-refractivity contribution in [2.24, 2.45) is 18.7 Å². The fourth-order valence-electron chi connectivity index (χ4n) is 3.31. The third kappa shape index (κ3) is 6.98. The maximum Gasteiger partial charge on any atom is 0.405 e. The topological polar surface area (TPSA) is 96.4 Å². The number of nitrogens with zero attached hydrogens (tertiary/aromatic N) is 2. The summed E-state index contributed by atoms with van der Waals surface area (Å²) >= 11 is 13.0. The highest BCUT2D eigenvalue weighted by atomic mass is 35.5. The lowest BCUT2D eigenvalue weighted by atomic mass is 10.1. The molecule has 33 heavy (non-hydrogen) atoms. The molecule has 0 bridgehead atoms. The van der Waals surface area contributed by atoms with E-state index < -0.39 is 11.7 Å². The van der Waals surface area contributed by atoms with Crippen LogP contribution in [0.25, 0.3) is 21.7 Å². The lowest BCUT2D eigenvalue weighted by Gasteiger charge is -2.16. The van der Waals surface area contributed by atoms with Crippen LogP contribution >= 0.6 is 23.2 Å². The second-order valence-corrected chi connectivity index (χ2v) is 9.89. The Kier molecular flexibility index (Phi) is 8.97. The minimum atomic E-state index is -0.725. The molecule has 1 aromatic carbocycles. The summed E-state index contributed by atoms with van der Waals surface area (Å²) in [6.45, 7) is 10.2. The highest BCUT2D eigenvalue weighted by Crippen LogP contribution is 2.40. The van der Waals surface area contributed by atoms with Crippen LogP contribution in [0.3, 0.4) is 0 Å². The first-order valence-corrected chi connectivity index (χ1v) is 11.4. The van der Waals surface area contributed by atoms with Gasteiger partial charge in [-0.15, -0.1) is 0 Å². The summed E-state index contributed by atoms with van der Waals surface area (Å²) in [6.07, 6.45) is 4.48. The van der Waals surface area contributed by atoms with E-state index in [1.165, 1.54) is 4.57 Å². The first kappa shape index (κ1) is 26.7. The molecule has 3 rings (SSSR count). The predicted octanol–water partition coefficient (Wildman–Crippen LogP) is 6.09. The first-order chi connectivity index (χ1) is 15.3. The molecule has 2 heterocycles. The number of benzene rings is 1. The molecule has 0 aliphatic carbocycles. The monoisotopic (exact) mass is 495 g/mol. The lowest BCUT2D eigenvalue weighted by molar-refractivity contribution is 0.0600. The molecule has 3 aromatic rings. The van der Waals surface area contributed by atoms with Gasteiger partial charge in [-0.05, 0) is 57.0 Å². The lowest BCUT2D eigenvalue weighted by Crippen LogP contribution is -2.27. The zero-order valence-corrected chi connectivity index (χ0v) is 21.4. The smallest absolute Gasteiger partial charge is 0.405 e. The van der Waals surface area contributed by atoms with Gasteiger partial charge in [0.15, 0.2) is 5.75 Å². The molecule has 0 aliphatic heterocycles. The third-order valence-corrected chi connectivity index (χ3v) is 5.34. The minimum Gasteiger partial charge on any atom is -0.490 e. The van der Waals surface area contributed by atoms with Gasteiger partial charge in [0, 0.05) is 24.8 Å². The summed E-state index contributed by atoms with van der Waals surface area (Å²) in [5, 5.41) is 2.94. The summed E-state index contributed by atoms with van der Waals surface area (Å²) < 4.78 is 11.9. The van der Waals surface area contributed by atoms with E-state index in [2.05, 4.69) is 23.6 Å². The van der Waals surface area contributed by atoms with E-state index in [0.29, 0.717) is 39.2 Å².